The SMILES string of the molecule is O=C1[C@H]2CC(Cl)=CC[C@H]2C(=O)N1CCCN1CCN(CCCN2C(=O)[C@H]3CC(Cl)=CC[C@H]3C2=O)CC1. The largest absolute Gasteiger partial charge is 0.301 e. The van der Waals surface area contributed by atoms with Gasteiger partial charge in [0, 0.05) is 49.3 Å². The number of halogens is 2. The van der Waals surface area contributed by atoms with Crippen molar-refractivity contribution in [2.24, 2.45) is 23.7 Å². The van der Waals surface area contributed by atoms with Crippen LogP contribution in [0.15, 0.2) is 22.2 Å². The summed E-state index contributed by atoms with van der Waals surface area (Å²) in [6, 6.07) is 0. The van der Waals surface area contributed by atoms with Gasteiger partial charge in [0.1, 0.15) is 0 Å². The molecule has 0 spiro atoms. The molecule has 196 valence electrons. The van der Waals surface area contributed by atoms with E-state index < -0.39 is 0 Å². The highest BCUT2D eigenvalue weighted by molar-refractivity contribution is 6.30. The number of imide groups is 2. The van der Waals surface area contributed by atoms with Crippen LogP contribution in [-0.2, 0) is 19.2 Å². The molecule has 10 heteroatoms. The number of likely N-dealkylation sites (tertiary alicyclic amines) is 2. The summed E-state index contributed by atoms with van der Waals surface area (Å²) in [5.74, 6) is -1.20. The quantitative estimate of drug-likeness (QED) is 0.443. The Hall–Kier alpha value is -1.74. The molecule has 2 aliphatic carbocycles. The first kappa shape index (κ1) is 25.9. The topological polar surface area (TPSA) is 81.2 Å². The minimum Gasteiger partial charge on any atom is -0.301 e. The lowest BCUT2D eigenvalue weighted by atomic mass is 9.85. The molecule has 8 nitrogen and oxygen atoms in total. The van der Waals surface area contributed by atoms with Crippen molar-refractivity contribution < 1.29 is 19.2 Å². The summed E-state index contributed by atoms with van der Waals surface area (Å²) in [5.41, 5.74) is 0. The Morgan fingerprint density at radius 1 is 0.583 bits per heavy atom. The van der Waals surface area contributed by atoms with Crippen molar-refractivity contribution in [2.75, 3.05) is 52.4 Å². The molecule has 0 radical (unpaired) electrons. The molecule has 5 aliphatic rings. The predicted molar refractivity (Wildman–Crippen MR) is 136 cm³/mol. The van der Waals surface area contributed by atoms with Gasteiger partial charge in [0.05, 0.1) is 23.7 Å². The summed E-state index contributed by atoms with van der Waals surface area (Å²) in [7, 11) is 0. The lowest BCUT2D eigenvalue weighted by Gasteiger charge is -2.35. The number of amides is 4. The van der Waals surface area contributed by atoms with Crippen LogP contribution in [-0.4, -0.2) is 95.6 Å². The van der Waals surface area contributed by atoms with Gasteiger partial charge in [-0.2, -0.15) is 0 Å². The lowest BCUT2D eigenvalue weighted by Crippen LogP contribution is -2.47. The van der Waals surface area contributed by atoms with Crippen LogP contribution >= 0.6 is 23.2 Å². The normalized spacial score (nSPS) is 31.6. The molecule has 0 unspecified atom stereocenters. The highest BCUT2D eigenvalue weighted by atomic mass is 35.5. The zero-order chi connectivity index (χ0) is 25.4. The van der Waals surface area contributed by atoms with Crippen LogP contribution in [0.25, 0.3) is 0 Å². The van der Waals surface area contributed by atoms with Gasteiger partial charge >= 0.3 is 0 Å². The lowest BCUT2D eigenvalue weighted by molar-refractivity contribution is -0.141. The number of allylic oxidation sites excluding steroid dienone is 4. The van der Waals surface area contributed by atoms with Gasteiger partial charge in [-0.05, 0) is 51.6 Å². The van der Waals surface area contributed by atoms with Crippen molar-refractivity contribution >= 4 is 46.8 Å². The molecule has 3 fully saturated rings. The van der Waals surface area contributed by atoms with Crippen LogP contribution < -0.4 is 0 Å². The van der Waals surface area contributed by atoms with E-state index in [1.54, 1.807) is 0 Å². The maximum absolute atomic E-state index is 12.7. The van der Waals surface area contributed by atoms with Crippen LogP contribution in [0.3, 0.4) is 0 Å². The summed E-state index contributed by atoms with van der Waals surface area (Å²) in [6.45, 7) is 6.40. The van der Waals surface area contributed by atoms with E-state index in [1.807, 2.05) is 12.2 Å². The second-order valence-electron chi connectivity index (χ2n) is 10.7. The standard InChI is InChI=1S/C26H34Cl2N4O4/c27-17-3-5-19-21(15-17)25(35)31(23(19)33)9-1-7-29-11-13-30(14-12-29)8-2-10-32-24(34)20-6-4-18(28)16-22(20)26(32)36/h3-4,19-22H,1-2,5-16H2/t19-,20-,21+,22+/m1/s1. The molecule has 3 saturated heterocycles. The van der Waals surface area contributed by atoms with Gasteiger partial charge in [0.2, 0.25) is 23.6 Å². The maximum Gasteiger partial charge on any atom is 0.233 e. The highest BCUT2D eigenvalue weighted by Gasteiger charge is 2.49. The number of hydrogen-bond acceptors (Lipinski definition) is 6. The molecule has 0 N–H and O–H groups in total. The van der Waals surface area contributed by atoms with Gasteiger partial charge in [0.15, 0.2) is 0 Å². The fourth-order valence-electron chi connectivity index (χ4n) is 6.37. The van der Waals surface area contributed by atoms with Crippen molar-refractivity contribution in [2.45, 2.75) is 38.5 Å². The first-order chi connectivity index (χ1) is 17.3. The summed E-state index contributed by atoms with van der Waals surface area (Å²) < 4.78 is 0. The van der Waals surface area contributed by atoms with Gasteiger partial charge in [-0.25, -0.2) is 0 Å². The minimum atomic E-state index is -0.275. The fourth-order valence-corrected chi connectivity index (χ4v) is 6.88. The fraction of sp³-hybridized carbons (Fsp3) is 0.692. The molecule has 5 rings (SSSR count). The highest BCUT2D eigenvalue weighted by Crippen LogP contribution is 2.40. The van der Waals surface area contributed by atoms with Crippen molar-refractivity contribution in [1.82, 2.24) is 19.6 Å². The molecule has 0 bridgehead atoms. The maximum atomic E-state index is 12.7. The van der Waals surface area contributed by atoms with Gasteiger partial charge in [0.25, 0.3) is 0 Å². The molecular weight excluding hydrogens is 503 g/mol. The summed E-state index contributed by atoms with van der Waals surface area (Å²) in [6.07, 6.45) is 7.41. The molecule has 3 heterocycles. The third kappa shape index (κ3) is 5.15. The number of carbonyl (C=O) groups is 4. The first-order valence-corrected chi connectivity index (χ1v) is 13.9. The van der Waals surface area contributed by atoms with Crippen LogP contribution in [0, 0.1) is 23.7 Å². The van der Waals surface area contributed by atoms with Crippen molar-refractivity contribution in [3.8, 4) is 0 Å². The van der Waals surface area contributed by atoms with E-state index >= 15 is 0 Å². The third-order valence-electron chi connectivity index (χ3n) is 8.50. The molecule has 4 amide bonds. The Balaban J connectivity index is 0.987. The van der Waals surface area contributed by atoms with Crippen molar-refractivity contribution in [1.29, 1.82) is 0 Å². The van der Waals surface area contributed by atoms with Crippen LogP contribution in [0.4, 0.5) is 0 Å². The van der Waals surface area contributed by atoms with Crippen LogP contribution in [0.1, 0.15) is 38.5 Å². The van der Waals surface area contributed by atoms with E-state index in [9.17, 15) is 19.2 Å². The van der Waals surface area contributed by atoms with E-state index in [0.29, 0.717) is 48.8 Å². The van der Waals surface area contributed by atoms with Gasteiger partial charge in [-0.1, -0.05) is 35.4 Å². The van der Waals surface area contributed by atoms with Gasteiger partial charge in [-0.15, -0.1) is 0 Å². The molecule has 4 atom stereocenters. The average molecular weight is 537 g/mol. The Kier molecular flexibility index (Phi) is 7.86. The third-order valence-corrected chi connectivity index (χ3v) is 9.11. The molecule has 3 aliphatic heterocycles. The van der Waals surface area contributed by atoms with E-state index in [1.165, 1.54) is 9.80 Å². The van der Waals surface area contributed by atoms with Gasteiger partial charge in [-0.3, -0.25) is 29.0 Å². The Morgan fingerprint density at radius 3 is 1.33 bits per heavy atom. The van der Waals surface area contributed by atoms with Crippen LogP contribution in [0.2, 0.25) is 0 Å². The second kappa shape index (κ2) is 10.9. The number of hydrogen-bond donors (Lipinski definition) is 0. The smallest absolute Gasteiger partial charge is 0.233 e. The van der Waals surface area contributed by atoms with E-state index in [-0.39, 0.29) is 47.3 Å². The Morgan fingerprint density at radius 2 is 0.944 bits per heavy atom. The molecule has 0 aromatic rings. The van der Waals surface area contributed by atoms with Gasteiger partial charge < -0.3 is 9.80 Å². The van der Waals surface area contributed by atoms with E-state index in [2.05, 4.69) is 9.80 Å². The monoisotopic (exact) mass is 536 g/mol. The number of piperazine rings is 1. The second-order valence-corrected chi connectivity index (χ2v) is 11.6. The summed E-state index contributed by atoms with van der Waals surface area (Å²) in [4.78, 5) is 58.4. The van der Waals surface area contributed by atoms with E-state index in [0.717, 1.165) is 52.1 Å². The zero-order valence-corrected chi connectivity index (χ0v) is 22.1. The number of nitrogens with zero attached hydrogens (tertiary/aromatic N) is 4. The Bertz CT molecular complexity index is 912. The Labute approximate surface area is 222 Å². The minimum absolute atomic E-state index is 0.0381. The molecule has 0 aromatic carbocycles. The van der Waals surface area contributed by atoms with Crippen molar-refractivity contribution in [3.05, 3.63) is 22.2 Å². The molecule has 0 saturated carbocycles. The average Bonchev–Trinajstić information content (AvgIpc) is 3.24. The first-order valence-electron chi connectivity index (χ1n) is 13.2. The summed E-state index contributed by atoms with van der Waals surface area (Å²) in [5, 5.41) is 1.38. The summed E-state index contributed by atoms with van der Waals surface area (Å²) >= 11 is 12.2. The number of carbonyl (C=O) groups excluding carboxylic acids is 4. The van der Waals surface area contributed by atoms with Crippen LogP contribution in [0.5, 0.6) is 0 Å². The van der Waals surface area contributed by atoms with E-state index in [4.69, 9.17) is 23.2 Å². The predicted octanol–water partition coefficient (Wildman–Crippen LogP) is 2.42. The van der Waals surface area contributed by atoms with Crippen molar-refractivity contribution in [3.63, 3.8) is 0 Å². The zero-order valence-electron chi connectivity index (χ0n) is 20.5. The molecule has 36 heavy (non-hydrogen) atoms. The molecular formula is C26H34Cl2N4O4. The number of rotatable bonds is 8. The number of fused-ring (bicyclic) bond motifs is 2. The molecule has 0 aromatic heterocycles.